The van der Waals surface area contributed by atoms with Gasteiger partial charge in [-0.25, -0.2) is 4.98 Å². The molecule has 0 spiro atoms. The van der Waals surface area contributed by atoms with Crippen LogP contribution < -0.4 is 20.3 Å². The summed E-state index contributed by atoms with van der Waals surface area (Å²) in [5.74, 6) is 1.56. The second-order valence-electron chi connectivity index (χ2n) is 7.87. The number of carbonyl (C=O) groups excluding carboxylic acids is 1. The van der Waals surface area contributed by atoms with Gasteiger partial charge in [0.25, 0.3) is 11.5 Å². The summed E-state index contributed by atoms with van der Waals surface area (Å²) in [5.41, 5.74) is 2.40. The van der Waals surface area contributed by atoms with E-state index in [0.29, 0.717) is 51.1 Å². The van der Waals surface area contributed by atoms with Gasteiger partial charge < -0.3 is 14.8 Å². The third-order valence-electron chi connectivity index (χ3n) is 5.44. The molecule has 35 heavy (non-hydrogen) atoms. The fraction of sp³-hybridized carbons (Fsp3) is 0.222. The average Bonchev–Trinajstić information content (AvgIpc) is 2.90. The molecular weight excluding hydrogens is 462 g/mol. The maximum Gasteiger partial charge on any atom is 0.266 e. The van der Waals surface area contributed by atoms with Crippen molar-refractivity contribution in [3.05, 3.63) is 88.2 Å². The van der Waals surface area contributed by atoms with Crippen LogP contribution in [0.5, 0.6) is 11.5 Å². The summed E-state index contributed by atoms with van der Waals surface area (Å²) in [6.07, 6.45) is 0.840. The molecule has 0 saturated carbocycles. The van der Waals surface area contributed by atoms with Crippen LogP contribution in [0, 0.1) is 0 Å². The monoisotopic (exact) mass is 489 g/mol. The van der Waals surface area contributed by atoms with E-state index >= 15 is 0 Å². The number of benzene rings is 3. The summed E-state index contributed by atoms with van der Waals surface area (Å²) in [6, 6.07) is 20.3. The van der Waals surface area contributed by atoms with E-state index in [1.807, 2.05) is 37.3 Å². The van der Waals surface area contributed by atoms with Crippen molar-refractivity contribution in [3.63, 3.8) is 0 Å². The van der Waals surface area contributed by atoms with Crippen LogP contribution in [0.1, 0.15) is 29.3 Å². The lowest BCUT2D eigenvalue weighted by molar-refractivity contribution is 0.0953. The molecule has 4 rings (SSSR count). The van der Waals surface area contributed by atoms with Gasteiger partial charge in [-0.1, -0.05) is 49.0 Å². The van der Waals surface area contributed by atoms with Crippen LogP contribution in [-0.2, 0) is 5.75 Å². The highest BCUT2D eigenvalue weighted by molar-refractivity contribution is 7.98. The molecule has 0 unspecified atom stereocenters. The topological polar surface area (TPSA) is 82.5 Å². The predicted octanol–water partition coefficient (Wildman–Crippen LogP) is 4.84. The van der Waals surface area contributed by atoms with Gasteiger partial charge in [0.1, 0.15) is 11.5 Å². The molecule has 1 amide bonds. The lowest BCUT2D eigenvalue weighted by Gasteiger charge is -2.15. The predicted molar refractivity (Wildman–Crippen MR) is 139 cm³/mol. The highest BCUT2D eigenvalue weighted by Gasteiger charge is 2.17. The molecule has 0 radical (unpaired) electrons. The molecule has 0 atom stereocenters. The van der Waals surface area contributed by atoms with E-state index in [2.05, 4.69) is 5.32 Å². The summed E-state index contributed by atoms with van der Waals surface area (Å²) < 4.78 is 12.4. The molecule has 0 bridgehead atoms. The Kier molecular flexibility index (Phi) is 7.72. The van der Waals surface area contributed by atoms with Gasteiger partial charge >= 0.3 is 0 Å². The zero-order chi connectivity index (χ0) is 24.8. The second-order valence-corrected chi connectivity index (χ2v) is 8.81. The van der Waals surface area contributed by atoms with Crippen molar-refractivity contribution in [2.24, 2.45) is 0 Å². The summed E-state index contributed by atoms with van der Waals surface area (Å²) in [7, 11) is 3.13. The minimum atomic E-state index is -0.235. The Balaban J connectivity index is 1.87. The number of carbonyl (C=O) groups is 1. The van der Waals surface area contributed by atoms with Gasteiger partial charge in [-0.2, -0.15) is 0 Å². The van der Waals surface area contributed by atoms with E-state index in [-0.39, 0.29) is 11.5 Å². The zero-order valence-corrected chi connectivity index (χ0v) is 20.7. The quantitative estimate of drug-likeness (QED) is 0.268. The minimum Gasteiger partial charge on any atom is -0.497 e. The molecule has 0 saturated heterocycles. The number of hydrogen-bond acceptors (Lipinski definition) is 6. The van der Waals surface area contributed by atoms with Gasteiger partial charge in [-0.05, 0) is 30.2 Å². The van der Waals surface area contributed by atoms with Gasteiger partial charge in [0.15, 0.2) is 5.16 Å². The number of nitrogens with zero attached hydrogens (tertiary/aromatic N) is 2. The van der Waals surface area contributed by atoms with Crippen LogP contribution >= 0.6 is 11.8 Å². The van der Waals surface area contributed by atoms with Gasteiger partial charge in [0, 0.05) is 36.1 Å². The van der Waals surface area contributed by atoms with Crippen LogP contribution in [-0.4, -0.2) is 36.2 Å². The number of thioether (sulfide) groups is 1. The molecular formula is C27H27N3O4S. The van der Waals surface area contributed by atoms with Crippen molar-refractivity contribution >= 4 is 28.6 Å². The Morgan fingerprint density at radius 1 is 1.00 bits per heavy atom. The number of fused-ring (bicyclic) bond motifs is 1. The summed E-state index contributed by atoms with van der Waals surface area (Å²) >= 11 is 1.45. The Hall–Kier alpha value is -3.78. The van der Waals surface area contributed by atoms with Crippen LogP contribution in [0.2, 0.25) is 0 Å². The Morgan fingerprint density at radius 2 is 1.71 bits per heavy atom. The van der Waals surface area contributed by atoms with Crippen molar-refractivity contribution in [2.75, 3.05) is 20.8 Å². The van der Waals surface area contributed by atoms with Crippen LogP contribution in [0.25, 0.3) is 16.6 Å². The van der Waals surface area contributed by atoms with Gasteiger partial charge in [-0.15, -0.1) is 0 Å². The number of hydrogen-bond donors (Lipinski definition) is 1. The first-order valence-electron chi connectivity index (χ1n) is 11.3. The van der Waals surface area contributed by atoms with Crippen LogP contribution in [0.3, 0.4) is 0 Å². The smallest absolute Gasteiger partial charge is 0.266 e. The summed E-state index contributed by atoms with van der Waals surface area (Å²) in [6.45, 7) is 2.58. The van der Waals surface area contributed by atoms with E-state index in [1.165, 1.54) is 11.8 Å². The standard InChI is InChI=1S/C27H27N3O4S/c1-4-12-28-25(31)19-10-11-23-24(13-19)29-27(35-17-18-8-6-5-7-9-18)30(26(23)32)20-14-21(33-2)16-22(15-20)34-3/h5-11,13-16H,4,12,17H2,1-3H3,(H,28,31). The molecule has 1 N–H and O–H groups in total. The SMILES string of the molecule is CCCNC(=O)c1ccc2c(=O)n(-c3cc(OC)cc(OC)c3)c(SCc3ccccc3)nc2c1. The molecule has 4 aromatic rings. The van der Waals surface area contributed by atoms with Crippen molar-refractivity contribution in [3.8, 4) is 17.2 Å². The lowest BCUT2D eigenvalue weighted by atomic mass is 10.1. The molecule has 0 fully saturated rings. The van der Waals surface area contributed by atoms with E-state index in [0.717, 1.165) is 12.0 Å². The normalized spacial score (nSPS) is 10.8. The first kappa shape index (κ1) is 24.3. The first-order chi connectivity index (χ1) is 17.0. The molecule has 0 aliphatic rings. The molecule has 1 heterocycles. The number of ether oxygens (including phenoxy) is 2. The number of nitrogens with one attached hydrogen (secondary N) is 1. The van der Waals surface area contributed by atoms with Gasteiger partial charge in [0.05, 0.1) is 30.8 Å². The number of aromatic nitrogens is 2. The Labute approximate surface area is 208 Å². The molecule has 3 aromatic carbocycles. The fourth-order valence-electron chi connectivity index (χ4n) is 3.62. The number of rotatable bonds is 9. The summed E-state index contributed by atoms with van der Waals surface area (Å²) in [4.78, 5) is 31.1. The van der Waals surface area contributed by atoms with E-state index < -0.39 is 0 Å². The highest BCUT2D eigenvalue weighted by Crippen LogP contribution is 2.29. The van der Waals surface area contributed by atoms with E-state index in [4.69, 9.17) is 14.5 Å². The van der Waals surface area contributed by atoms with Crippen LogP contribution in [0.15, 0.2) is 76.7 Å². The van der Waals surface area contributed by atoms with Crippen molar-refractivity contribution < 1.29 is 14.3 Å². The maximum absolute atomic E-state index is 13.7. The first-order valence-corrected chi connectivity index (χ1v) is 12.3. The summed E-state index contributed by atoms with van der Waals surface area (Å²) in [5, 5.41) is 3.80. The largest absolute Gasteiger partial charge is 0.497 e. The van der Waals surface area contributed by atoms with Crippen molar-refractivity contribution in [1.82, 2.24) is 14.9 Å². The van der Waals surface area contributed by atoms with Crippen molar-refractivity contribution in [1.29, 1.82) is 0 Å². The second kappa shape index (κ2) is 11.1. The Bertz CT molecular complexity index is 1380. The minimum absolute atomic E-state index is 0.184. The van der Waals surface area contributed by atoms with E-state index in [1.54, 1.807) is 55.2 Å². The lowest BCUT2D eigenvalue weighted by Crippen LogP contribution is -2.25. The van der Waals surface area contributed by atoms with Crippen molar-refractivity contribution in [2.45, 2.75) is 24.3 Å². The maximum atomic E-state index is 13.7. The highest BCUT2D eigenvalue weighted by atomic mass is 32.2. The molecule has 1 aromatic heterocycles. The Morgan fingerprint density at radius 3 is 2.37 bits per heavy atom. The number of methoxy groups -OCH3 is 2. The fourth-order valence-corrected chi connectivity index (χ4v) is 4.58. The van der Waals surface area contributed by atoms with E-state index in [9.17, 15) is 9.59 Å². The molecule has 0 aliphatic carbocycles. The average molecular weight is 490 g/mol. The molecule has 180 valence electrons. The number of amides is 1. The third-order valence-corrected chi connectivity index (χ3v) is 6.45. The third kappa shape index (κ3) is 5.49. The molecule has 8 heteroatoms. The van der Waals surface area contributed by atoms with Gasteiger partial charge in [0.2, 0.25) is 0 Å². The molecule has 0 aliphatic heterocycles. The van der Waals surface area contributed by atoms with Gasteiger partial charge in [-0.3, -0.25) is 14.2 Å². The van der Waals surface area contributed by atoms with Crippen LogP contribution in [0.4, 0.5) is 0 Å². The zero-order valence-electron chi connectivity index (χ0n) is 19.9. The molecule has 7 nitrogen and oxygen atoms in total.